The van der Waals surface area contributed by atoms with Crippen molar-refractivity contribution in [3.63, 3.8) is 0 Å². The smallest absolute Gasteiger partial charge is 0.303 e. The average Bonchev–Trinajstić information content (AvgIpc) is 2.78. The summed E-state index contributed by atoms with van der Waals surface area (Å²) in [6.07, 6.45) is 0.483. The third-order valence-electron chi connectivity index (χ3n) is 5.17. The number of nitrogens with one attached hydrogen (secondary N) is 1. The zero-order valence-corrected chi connectivity index (χ0v) is 13.1. The lowest BCUT2D eigenvalue weighted by Gasteiger charge is -2.11. The molecule has 1 aromatic carbocycles. The maximum atomic E-state index is 12.5. The van der Waals surface area contributed by atoms with Crippen molar-refractivity contribution in [2.75, 3.05) is 5.32 Å². The average molecular weight is 289 g/mol. The Kier molecular flexibility index (Phi) is 3.83. The van der Waals surface area contributed by atoms with Crippen molar-refractivity contribution in [2.45, 2.75) is 40.5 Å². The summed E-state index contributed by atoms with van der Waals surface area (Å²) in [6.45, 7) is 8.42. The quantitative estimate of drug-likeness (QED) is 0.873. The third kappa shape index (κ3) is 2.80. The Balaban J connectivity index is 2.10. The lowest BCUT2D eigenvalue weighted by molar-refractivity contribution is -0.137. The molecule has 114 valence electrons. The molecule has 0 aromatic heterocycles. The van der Waals surface area contributed by atoms with Crippen LogP contribution in [0.1, 0.15) is 39.7 Å². The van der Waals surface area contributed by atoms with E-state index in [0.717, 1.165) is 11.3 Å². The number of carboxylic acid groups (broad SMARTS) is 1. The van der Waals surface area contributed by atoms with E-state index < -0.39 is 5.97 Å². The van der Waals surface area contributed by atoms with Gasteiger partial charge in [0.2, 0.25) is 5.91 Å². The van der Waals surface area contributed by atoms with Gasteiger partial charge in [0.25, 0.3) is 0 Å². The van der Waals surface area contributed by atoms with Crippen LogP contribution in [-0.4, -0.2) is 17.0 Å². The first-order valence-corrected chi connectivity index (χ1v) is 7.28. The highest BCUT2D eigenvalue weighted by Gasteiger charge is 2.68. The molecule has 1 fully saturated rings. The molecule has 0 bridgehead atoms. The molecule has 0 heterocycles. The van der Waals surface area contributed by atoms with E-state index in [0.29, 0.717) is 6.42 Å². The molecular weight excluding hydrogens is 266 g/mol. The minimum Gasteiger partial charge on any atom is -0.481 e. The van der Waals surface area contributed by atoms with Gasteiger partial charge in [-0.25, -0.2) is 0 Å². The number of hydrogen-bond donors (Lipinski definition) is 2. The molecule has 4 heteroatoms. The van der Waals surface area contributed by atoms with Crippen LogP contribution in [-0.2, 0) is 16.0 Å². The van der Waals surface area contributed by atoms with Gasteiger partial charge in [-0.1, -0.05) is 45.9 Å². The highest BCUT2D eigenvalue weighted by molar-refractivity contribution is 5.96. The van der Waals surface area contributed by atoms with Crippen molar-refractivity contribution in [1.29, 1.82) is 0 Å². The highest BCUT2D eigenvalue weighted by Crippen LogP contribution is 2.68. The molecule has 2 rings (SSSR count). The van der Waals surface area contributed by atoms with Gasteiger partial charge in [0.15, 0.2) is 0 Å². The number of rotatable bonds is 5. The largest absolute Gasteiger partial charge is 0.481 e. The SMILES string of the molecule is CC1(C)C(C(=O)Nc2ccccc2CCC(=O)O)C1(C)C. The number of carbonyl (C=O) groups excluding carboxylic acids is 1. The zero-order valence-electron chi connectivity index (χ0n) is 13.1. The van der Waals surface area contributed by atoms with E-state index in [2.05, 4.69) is 33.0 Å². The molecule has 1 aromatic rings. The van der Waals surface area contributed by atoms with Gasteiger partial charge in [-0.05, 0) is 28.9 Å². The summed E-state index contributed by atoms with van der Waals surface area (Å²) in [5.74, 6) is -0.828. The minimum absolute atomic E-state index is 0.00685. The van der Waals surface area contributed by atoms with E-state index in [-0.39, 0.29) is 29.1 Å². The summed E-state index contributed by atoms with van der Waals surface area (Å²) >= 11 is 0. The van der Waals surface area contributed by atoms with Crippen LogP contribution >= 0.6 is 0 Å². The van der Waals surface area contributed by atoms with Crippen molar-refractivity contribution in [2.24, 2.45) is 16.7 Å². The van der Waals surface area contributed by atoms with E-state index in [9.17, 15) is 9.59 Å². The standard InChI is InChI=1S/C17H23NO3/c1-16(2)14(17(16,3)4)15(21)18-12-8-6-5-7-11(12)9-10-13(19)20/h5-8,14H,9-10H2,1-4H3,(H,18,21)(H,19,20). The fraction of sp³-hybridized carbons (Fsp3) is 0.529. The molecule has 1 saturated carbocycles. The van der Waals surface area contributed by atoms with Gasteiger partial charge in [0, 0.05) is 18.0 Å². The molecule has 0 saturated heterocycles. The second-order valence-corrected chi connectivity index (χ2v) is 6.92. The number of para-hydroxylation sites is 1. The summed E-state index contributed by atoms with van der Waals surface area (Å²) in [5.41, 5.74) is 1.58. The van der Waals surface area contributed by atoms with E-state index in [4.69, 9.17) is 5.11 Å². The molecule has 21 heavy (non-hydrogen) atoms. The van der Waals surface area contributed by atoms with E-state index in [1.54, 1.807) is 0 Å². The van der Waals surface area contributed by atoms with Gasteiger partial charge in [-0.2, -0.15) is 0 Å². The van der Waals surface area contributed by atoms with Crippen molar-refractivity contribution in [3.05, 3.63) is 29.8 Å². The molecular formula is C17H23NO3. The summed E-state index contributed by atoms with van der Waals surface area (Å²) in [5, 5.41) is 11.8. The van der Waals surface area contributed by atoms with Gasteiger partial charge in [-0.15, -0.1) is 0 Å². The van der Waals surface area contributed by atoms with E-state index in [1.165, 1.54) is 0 Å². The normalized spacial score (nSPS) is 19.0. The number of hydrogen-bond acceptors (Lipinski definition) is 2. The predicted molar refractivity (Wildman–Crippen MR) is 82.1 cm³/mol. The number of amides is 1. The summed E-state index contributed by atoms with van der Waals surface area (Å²) in [4.78, 5) is 23.2. The third-order valence-corrected chi connectivity index (χ3v) is 5.17. The highest BCUT2D eigenvalue weighted by atomic mass is 16.4. The molecule has 0 spiro atoms. The molecule has 0 radical (unpaired) electrons. The number of carboxylic acids is 1. The molecule has 1 aliphatic carbocycles. The Morgan fingerprint density at radius 3 is 2.24 bits per heavy atom. The maximum Gasteiger partial charge on any atom is 0.303 e. The van der Waals surface area contributed by atoms with Crippen LogP contribution in [0.25, 0.3) is 0 Å². The van der Waals surface area contributed by atoms with Gasteiger partial charge >= 0.3 is 5.97 Å². The molecule has 0 unspecified atom stereocenters. The Hall–Kier alpha value is -1.84. The Bertz CT molecular complexity index is 561. The molecule has 4 nitrogen and oxygen atoms in total. The summed E-state index contributed by atoms with van der Waals surface area (Å²) in [6, 6.07) is 7.40. The van der Waals surface area contributed by atoms with Crippen LogP contribution in [0, 0.1) is 16.7 Å². The Morgan fingerprint density at radius 2 is 1.71 bits per heavy atom. The van der Waals surface area contributed by atoms with Gasteiger partial charge in [0.05, 0.1) is 0 Å². The molecule has 0 atom stereocenters. The van der Waals surface area contributed by atoms with Crippen LogP contribution in [0.5, 0.6) is 0 Å². The molecule has 1 aliphatic rings. The van der Waals surface area contributed by atoms with Gasteiger partial charge in [0.1, 0.15) is 0 Å². The molecule has 1 amide bonds. The van der Waals surface area contributed by atoms with Crippen LogP contribution in [0.3, 0.4) is 0 Å². The topological polar surface area (TPSA) is 66.4 Å². The zero-order chi connectivity index (χ0) is 15.8. The van der Waals surface area contributed by atoms with Crippen LogP contribution in [0.2, 0.25) is 0 Å². The Morgan fingerprint density at radius 1 is 1.14 bits per heavy atom. The van der Waals surface area contributed by atoms with Crippen molar-refractivity contribution >= 4 is 17.6 Å². The van der Waals surface area contributed by atoms with Crippen molar-refractivity contribution < 1.29 is 14.7 Å². The van der Waals surface area contributed by atoms with Crippen molar-refractivity contribution in [3.8, 4) is 0 Å². The molecule has 0 aliphatic heterocycles. The van der Waals surface area contributed by atoms with Crippen LogP contribution in [0.15, 0.2) is 24.3 Å². The van der Waals surface area contributed by atoms with E-state index in [1.807, 2.05) is 24.3 Å². The second kappa shape index (κ2) is 5.17. The monoisotopic (exact) mass is 289 g/mol. The van der Waals surface area contributed by atoms with Gasteiger partial charge < -0.3 is 10.4 Å². The maximum absolute atomic E-state index is 12.5. The van der Waals surface area contributed by atoms with E-state index >= 15 is 0 Å². The predicted octanol–water partition coefficient (Wildman–Crippen LogP) is 3.32. The summed E-state index contributed by atoms with van der Waals surface area (Å²) in [7, 11) is 0. The van der Waals surface area contributed by atoms with Crippen LogP contribution in [0.4, 0.5) is 5.69 Å². The van der Waals surface area contributed by atoms with Crippen LogP contribution < -0.4 is 5.32 Å². The molecule has 2 N–H and O–H groups in total. The van der Waals surface area contributed by atoms with Crippen molar-refractivity contribution in [1.82, 2.24) is 0 Å². The fourth-order valence-electron chi connectivity index (χ4n) is 3.16. The fourth-order valence-corrected chi connectivity index (χ4v) is 3.16. The number of aliphatic carboxylic acids is 1. The first kappa shape index (κ1) is 15.5. The van der Waals surface area contributed by atoms with Gasteiger partial charge in [-0.3, -0.25) is 9.59 Å². The Labute approximate surface area is 125 Å². The number of benzene rings is 1. The number of carbonyl (C=O) groups is 2. The number of aryl methyl sites for hydroxylation is 1. The lowest BCUT2D eigenvalue weighted by Crippen LogP contribution is -2.18. The first-order chi connectivity index (χ1) is 9.68. The summed E-state index contributed by atoms with van der Waals surface area (Å²) < 4.78 is 0. The lowest BCUT2D eigenvalue weighted by atomic mass is 10.0. The number of anilines is 1. The minimum atomic E-state index is -0.833. The second-order valence-electron chi connectivity index (χ2n) is 6.92. The first-order valence-electron chi connectivity index (χ1n) is 7.28.